The van der Waals surface area contributed by atoms with Gasteiger partial charge in [0.15, 0.2) is 0 Å². The third-order valence-corrected chi connectivity index (χ3v) is 5.19. The van der Waals surface area contributed by atoms with E-state index in [9.17, 15) is 9.59 Å². The second kappa shape index (κ2) is 11.5. The zero-order valence-electron chi connectivity index (χ0n) is 20.3. The Morgan fingerprint density at radius 1 is 0.853 bits per heavy atom. The van der Waals surface area contributed by atoms with Gasteiger partial charge < -0.3 is 14.8 Å². The van der Waals surface area contributed by atoms with Gasteiger partial charge in [-0.05, 0) is 68.1 Å². The highest BCUT2D eigenvalue weighted by Crippen LogP contribution is 2.27. The smallest absolute Gasteiger partial charge is 0.308 e. The van der Waals surface area contributed by atoms with Gasteiger partial charge >= 0.3 is 5.97 Å². The van der Waals surface area contributed by atoms with Crippen LogP contribution in [0.2, 0.25) is 0 Å². The first-order valence-corrected chi connectivity index (χ1v) is 11.7. The molecular formula is C29H33NO4. The summed E-state index contributed by atoms with van der Waals surface area (Å²) >= 11 is 0. The molecule has 0 bridgehead atoms. The molecule has 0 aliphatic carbocycles. The molecule has 5 heteroatoms. The van der Waals surface area contributed by atoms with Crippen LogP contribution in [0.1, 0.15) is 62.6 Å². The zero-order chi connectivity index (χ0) is 24.6. The van der Waals surface area contributed by atoms with Crippen LogP contribution in [0, 0.1) is 0 Å². The topological polar surface area (TPSA) is 64.6 Å². The van der Waals surface area contributed by atoms with E-state index in [-0.39, 0.29) is 30.9 Å². The van der Waals surface area contributed by atoms with E-state index in [0.717, 1.165) is 12.0 Å². The number of rotatable bonds is 9. The van der Waals surface area contributed by atoms with E-state index in [0.29, 0.717) is 11.3 Å². The second-order valence-electron chi connectivity index (χ2n) is 9.12. The molecule has 0 aromatic heterocycles. The molecule has 0 aliphatic rings. The third-order valence-electron chi connectivity index (χ3n) is 5.19. The van der Waals surface area contributed by atoms with Crippen LogP contribution >= 0.6 is 0 Å². The Hall–Kier alpha value is -3.60. The fraction of sp³-hybridized carbons (Fsp3) is 0.310. The molecule has 34 heavy (non-hydrogen) atoms. The first-order chi connectivity index (χ1) is 16.2. The van der Waals surface area contributed by atoms with E-state index < -0.39 is 5.60 Å². The number of hydrogen-bond donors (Lipinski definition) is 1. The molecule has 0 fully saturated rings. The van der Waals surface area contributed by atoms with Gasteiger partial charge in [0.2, 0.25) is 0 Å². The van der Waals surface area contributed by atoms with Gasteiger partial charge in [0.25, 0.3) is 5.91 Å². The van der Waals surface area contributed by atoms with Crippen molar-refractivity contribution in [3.05, 3.63) is 90.0 Å². The number of carbonyl (C=O) groups is 2. The van der Waals surface area contributed by atoms with Gasteiger partial charge in [0, 0.05) is 12.1 Å². The van der Waals surface area contributed by atoms with Crippen LogP contribution < -0.4 is 10.1 Å². The number of ether oxygens (including phenoxy) is 2. The van der Waals surface area contributed by atoms with Gasteiger partial charge in [0.05, 0.1) is 6.42 Å². The largest absolute Gasteiger partial charge is 0.486 e. The quantitative estimate of drug-likeness (QED) is 0.379. The number of carbonyl (C=O) groups excluding carboxylic acids is 2. The standard InChI is InChI=1S/C29H33NO4/c1-5-26(23-13-11-22(12-14-23)21-9-7-6-8-10-21)33-25-17-15-24(16-18-25)28(32)30-20-19-27(31)34-29(2,3)4/h6-18,26H,5,19-20H2,1-4H3,(H,30,32). The number of hydrogen-bond acceptors (Lipinski definition) is 4. The highest BCUT2D eigenvalue weighted by atomic mass is 16.6. The van der Waals surface area contributed by atoms with E-state index in [2.05, 4.69) is 48.6 Å². The number of benzene rings is 3. The van der Waals surface area contributed by atoms with Crippen molar-refractivity contribution in [2.45, 2.75) is 52.2 Å². The van der Waals surface area contributed by atoms with Crippen molar-refractivity contribution in [2.75, 3.05) is 6.54 Å². The summed E-state index contributed by atoms with van der Waals surface area (Å²) in [6.07, 6.45) is 0.863. The van der Waals surface area contributed by atoms with Crippen molar-refractivity contribution in [1.82, 2.24) is 5.32 Å². The average Bonchev–Trinajstić information content (AvgIpc) is 2.82. The van der Waals surface area contributed by atoms with E-state index in [1.54, 1.807) is 24.3 Å². The van der Waals surface area contributed by atoms with Crippen LogP contribution in [-0.2, 0) is 9.53 Å². The lowest BCUT2D eigenvalue weighted by Gasteiger charge is -2.19. The lowest BCUT2D eigenvalue weighted by molar-refractivity contribution is -0.154. The van der Waals surface area contributed by atoms with Gasteiger partial charge in [-0.25, -0.2) is 0 Å². The number of amides is 1. The minimum absolute atomic E-state index is 0.0849. The normalized spacial score (nSPS) is 12.0. The maximum absolute atomic E-state index is 12.4. The monoisotopic (exact) mass is 459 g/mol. The first-order valence-electron chi connectivity index (χ1n) is 11.7. The molecule has 1 unspecified atom stereocenters. The molecule has 0 spiro atoms. The van der Waals surface area contributed by atoms with Crippen molar-refractivity contribution in [3.63, 3.8) is 0 Å². The molecule has 0 radical (unpaired) electrons. The molecule has 0 aliphatic heterocycles. The molecule has 0 heterocycles. The van der Waals surface area contributed by atoms with Gasteiger partial charge in [-0.2, -0.15) is 0 Å². The predicted molar refractivity (Wildman–Crippen MR) is 135 cm³/mol. The molecular weight excluding hydrogens is 426 g/mol. The summed E-state index contributed by atoms with van der Waals surface area (Å²) in [5, 5.41) is 2.75. The third kappa shape index (κ3) is 7.48. The van der Waals surface area contributed by atoms with Crippen LogP contribution in [0.3, 0.4) is 0 Å². The van der Waals surface area contributed by atoms with Gasteiger partial charge in [-0.1, -0.05) is 61.5 Å². The maximum atomic E-state index is 12.4. The Balaban J connectivity index is 1.54. The minimum atomic E-state index is -0.531. The summed E-state index contributed by atoms with van der Waals surface area (Å²) in [6, 6.07) is 25.7. The molecule has 3 aromatic carbocycles. The fourth-order valence-electron chi connectivity index (χ4n) is 3.53. The fourth-order valence-corrected chi connectivity index (χ4v) is 3.53. The Bertz CT molecular complexity index is 1070. The molecule has 1 N–H and O–H groups in total. The lowest BCUT2D eigenvalue weighted by atomic mass is 10.0. The van der Waals surface area contributed by atoms with Gasteiger partial charge in [0.1, 0.15) is 17.5 Å². The Labute approximate surface area is 202 Å². The van der Waals surface area contributed by atoms with E-state index in [4.69, 9.17) is 9.47 Å². The zero-order valence-corrected chi connectivity index (χ0v) is 20.3. The van der Waals surface area contributed by atoms with Crippen molar-refractivity contribution in [1.29, 1.82) is 0 Å². The molecule has 0 saturated heterocycles. The van der Waals surface area contributed by atoms with Crippen LogP contribution in [0.25, 0.3) is 11.1 Å². The molecule has 1 atom stereocenters. The summed E-state index contributed by atoms with van der Waals surface area (Å²) in [5.41, 5.74) is 3.43. The molecule has 3 rings (SSSR count). The Morgan fingerprint density at radius 2 is 1.47 bits per heavy atom. The van der Waals surface area contributed by atoms with Crippen LogP contribution in [0.15, 0.2) is 78.9 Å². The molecule has 3 aromatic rings. The van der Waals surface area contributed by atoms with Crippen molar-refractivity contribution < 1.29 is 19.1 Å². The average molecular weight is 460 g/mol. The van der Waals surface area contributed by atoms with E-state index in [1.165, 1.54) is 11.1 Å². The highest BCUT2D eigenvalue weighted by molar-refractivity contribution is 5.94. The Kier molecular flexibility index (Phi) is 8.47. The molecule has 5 nitrogen and oxygen atoms in total. The highest BCUT2D eigenvalue weighted by Gasteiger charge is 2.16. The van der Waals surface area contributed by atoms with Crippen LogP contribution in [0.5, 0.6) is 5.75 Å². The van der Waals surface area contributed by atoms with Crippen LogP contribution in [-0.4, -0.2) is 24.0 Å². The molecule has 0 saturated carbocycles. The summed E-state index contributed by atoms with van der Waals surface area (Å²) in [4.78, 5) is 24.1. The molecule has 178 valence electrons. The van der Waals surface area contributed by atoms with Crippen molar-refractivity contribution in [2.24, 2.45) is 0 Å². The van der Waals surface area contributed by atoms with Crippen molar-refractivity contribution in [3.8, 4) is 16.9 Å². The maximum Gasteiger partial charge on any atom is 0.308 e. The lowest BCUT2D eigenvalue weighted by Crippen LogP contribution is -2.29. The van der Waals surface area contributed by atoms with Gasteiger partial charge in [-0.3, -0.25) is 9.59 Å². The predicted octanol–water partition coefficient (Wildman–Crippen LogP) is 6.35. The van der Waals surface area contributed by atoms with Crippen LogP contribution in [0.4, 0.5) is 0 Å². The van der Waals surface area contributed by atoms with E-state index >= 15 is 0 Å². The summed E-state index contributed by atoms with van der Waals surface area (Å²) in [6.45, 7) is 7.76. The number of nitrogens with one attached hydrogen (secondary N) is 1. The van der Waals surface area contributed by atoms with Gasteiger partial charge in [-0.15, -0.1) is 0 Å². The minimum Gasteiger partial charge on any atom is -0.486 e. The summed E-state index contributed by atoms with van der Waals surface area (Å²) < 4.78 is 11.4. The summed E-state index contributed by atoms with van der Waals surface area (Å²) in [5.74, 6) is 0.127. The summed E-state index contributed by atoms with van der Waals surface area (Å²) in [7, 11) is 0. The Morgan fingerprint density at radius 3 is 2.06 bits per heavy atom. The molecule has 1 amide bonds. The second-order valence-corrected chi connectivity index (χ2v) is 9.12. The number of esters is 1. The SMILES string of the molecule is CCC(Oc1ccc(C(=O)NCCC(=O)OC(C)(C)C)cc1)c1ccc(-c2ccccc2)cc1. The first kappa shape index (κ1) is 25.0. The van der Waals surface area contributed by atoms with E-state index in [1.807, 2.05) is 39.0 Å². The van der Waals surface area contributed by atoms with Crippen molar-refractivity contribution >= 4 is 11.9 Å².